The summed E-state index contributed by atoms with van der Waals surface area (Å²) in [6.45, 7) is 4.71. The summed E-state index contributed by atoms with van der Waals surface area (Å²) >= 11 is 1.72. The maximum absolute atomic E-state index is 4.33. The number of rotatable bonds is 3. The SMILES string of the molecule is CC(C)C1CCC(Nc2ccc3ncsc3c2)CC1. The lowest BCUT2D eigenvalue weighted by Gasteiger charge is -2.31. The van der Waals surface area contributed by atoms with Crippen LogP contribution in [0.2, 0.25) is 0 Å². The van der Waals surface area contributed by atoms with Gasteiger partial charge in [0.2, 0.25) is 0 Å². The summed E-state index contributed by atoms with van der Waals surface area (Å²) in [5, 5.41) is 3.70. The highest BCUT2D eigenvalue weighted by Gasteiger charge is 2.22. The number of benzene rings is 1. The highest BCUT2D eigenvalue weighted by molar-refractivity contribution is 7.16. The number of nitrogens with zero attached hydrogens (tertiary/aromatic N) is 1. The molecule has 0 amide bonds. The quantitative estimate of drug-likeness (QED) is 0.859. The highest BCUT2D eigenvalue weighted by atomic mass is 32.1. The first-order valence-electron chi connectivity index (χ1n) is 7.32. The third kappa shape index (κ3) is 2.92. The van der Waals surface area contributed by atoms with Crippen LogP contribution >= 0.6 is 11.3 Å². The average molecular weight is 274 g/mol. The average Bonchev–Trinajstić information content (AvgIpc) is 2.87. The standard InChI is InChI=1S/C16H22N2S/c1-11(2)12-3-5-13(6-4-12)18-14-7-8-15-16(9-14)19-10-17-15/h7-13,18H,3-6H2,1-2H3. The second-order valence-corrected chi connectivity index (χ2v) is 6.92. The molecular formula is C16H22N2S. The van der Waals surface area contributed by atoms with E-state index in [0.29, 0.717) is 6.04 Å². The fourth-order valence-electron chi connectivity index (χ4n) is 3.11. The Kier molecular flexibility index (Phi) is 3.74. The number of anilines is 1. The second-order valence-electron chi connectivity index (χ2n) is 6.03. The molecule has 3 rings (SSSR count). The molecule has 1 aliphatic rings. The maximum atomic E-state index is 4.33. The monoisotopic (exact) mass is 274 g/mol. The molecule has 19 heavy (non-hydrogen) atoms. The van der Waals surface area contributed by atoms with Gasteiger partial charge in [0.05, 0.1) is 15.7 Å². The zero-order valence-corrected chi connectivity index (χ0v) is 12.5. The summed E-state index contributed by atoms with van der Waals surface area (Å²) in [6, 6.07) is 7.17. The number of nitrogens with one attached hydrogen (secondary N) is 1. The van der Waals surface area contributed by atoms with Crippen LogP contribution in [0, 0.1) is 11.8 Å². The van der Waals surface area contributed by atoms with Crippen molar-refractivity contribution in [1.29, 1.82) is 0 Å². The molecule has 3 heteroatoms. The molecule has 0 atom stereocenters. The molecule has 0 bridgehead atoms. The molecule has 0 spiro atoms. The normalized spacial score (nSPS) is 23.9. The zero-order valence-electron chi connectivity index (χ0n) is 11.7. The van der Waals surface area contributed by atoms with Crippen LogP contribution in [0.25, 0.3) is 10.2 Å². The van der Waals surface area contributed by atoms with Crippen molar-refractivity contribution in [2.45, 2.75) is 45.6 Å². The Bertz CT molecular complexity index is 538. The number of hydrogen-bond acceptors (Lipinski definition) is 3. The molecule has 2 aromatic rings. The predicted molar refractivity (Wildman–Crippen MR) is 83.8 cm³/mol. The van der Waals surface area contributed by atoms with E-state index in [1.165, 1.54) is 36.1 Å². The Morgan fingerprint density at radius 2 is 2.00 bits per heavy atom. The smallest absolute Gasteiger partial charge is 0.0813 e. The van der Waals surface area contributed by atoms with Gasteiger partial charge in [-0.15, -0.1) is 11.3 Å². The van der Waals surface area contributed by atoms with Crippen LogP contribution in [0.5, 0.6) is 0 Å². The van der Waals surface area contributed by atoms with Crippen molar-refractivity contribution in [1.82, 2.24) is 4.98 Å². The van der Waals surface area contributed by atoms with Crippen molar-refractivity contribution in [2.75, 3.05) is 5.32 Å². The molecule has 0 saturated heterocycles. The Morgan fingerprint density at radius 3 is 2.74 bits per heavy atom. The van der Waals surface area contributed by atoms with Gasteiger partial charge >= 0.3 is 0 Å². The molecule has 1 aliphatic carbocycles. The van der Waals surface area contributed by atoms with E-state index in [4.69, 9.17) is 0 Å². The number of hydrogen-bond donors (Lipinski definition) is 1. The molecule has 1 aromatic heterocycles. The Morgan fingerprint density at radius 1 is 1.21 bits per heavy atom. The highest BCUT2D eigenvalue weighted by Crippen LogP contribution is 2.32. The third-order valence-electron chi connectivity index (χ3n) is 4.42. The summed E-state index contributed by atoms with van der Waals surface area (Å²) < 4.78 is 1.28. The molecule has 1 heterocycles. The first kappa shape index (κ1) is 12.9. The van der Waals surface area contributed by atoms with Crippen LogP contribution in [0.1, 0.15) is 39.5 Å². The molecule has 0 aliphatic heterocycles. The molecule has 1 aromatic carbocycles. The van der Waals surface area contributed by atoms with Crippen molar-refractivity contribution in [2.24, 2.45) is 11.8 Å². The van der Waals surface area contributed by atoms with Gasteiger partial charge in [0, 0.05) is 11.7 Å². The summed E-state index contributed by atoms with van der Waals surface area (Å²) in [4.78, 5) is 4.33. The van der Waals surface area contributed by atoms with E-state index in [-0.39, 0.29) is 0 Å². The minimum absolute atomic E-state index is 0.653. The van der Waals surface area contributed by atoms with Gasteiger partial charge in [0.25, 0.3) is 0 Å². The van der Waals surface area contributed by atoms with Crippen LogP contribution in [0.4, 0.5) is 5.69 Å². The molecular weight excluding hydrogens is 252 g/mol. The molecule has 1 fully saturated rings. The lowest BCUT2D eigenvalue weighted by molar-refractivity contribution is 0.267. The largest absolute Gasteiger partial charge is 0.382 e. The van der Waals surface area contributed by atoms with Crippen molar-refractivity contribution in [3.05, 3.63) is 23.7 Å². The van der Waals surface area contributed by atoms with Gasteiger partial charge in [-0.05, 0) is 55.7 Å². The van der Waals surface area contributed by atoms with Gasteiger partial charge in [-0.3, -0.25) is 0 Å². The Hall–Kier alpha value is -1.09. The first-order valence-corrected chi connectivity index (χ1v) is 8.20. The van der Waals surface area contributed by atoms with Crippen molar-refractivity contribution < 1.29 is 0 Å². The lowest BCUT2D eigenvalue weighted by atomic mass is 9.79. The van der Waals surface area contributed by atoms with Crippen LogP contribution in [-0.4, -0.2) is 11.0 Å². The molecule has 0 radical (unpaired) electrons. The van der Waals surface area contributed by atoms with Crippen LogP contribution in [0.15, 0.2) is 23.7 Å². The van der Waals surface area contributed by atoms with E-state index in [1.807, 2.05) is 5.51 Å². The number of thiazole rings is 1. The van der Waals surface area contributed by atoms with E-state index in [9.17, 15) is 0 Å². The van der Waals surface area contributed by atoms with E-state index >= 15 is 0 Å². The second kappa shape index (κ2) is 5.49. The van der Waals surface area contributed by atoms with Gasteiger partial charge in [-0.2, -0.15) is 0 Å². The van der Waals surface area contributed by atoms with E-state index in [1.54, 1.807) is 11.3 Å². The van der Waals surface area contributed by atoms with Crippen LogP contribution in [0.3, 0.4) is 0 Å². The summed E-state index contributed by atoms with van der Waals surface area (Å²) in [5.74, 6) is 1.77. The molecule has 2 nitrogen and oxygen atoms in total. The molecule has 102 valence electrons. The van der Waals surface area contributed by atoms with Gasteiger partial charge < -0.3 is 5.32 Å². The van der Waals surface area contributed by atoms with E-state index < -0.39 is 0 Å². The fraction of sp³-hybridized carbons (Fsp3) is 0.562. The summed E-state index contributed by atoms with van der Waals surface area (Å²) in [6.07, 6.45) is 5.36. The molecule has 0 unspecified atom stereocenters. The summed E-state index contributed by atoms with van der Waals surface area (Å²) in [7, 11) is 0. The van der Waals surface area contributed by atoms with Crippen molar-refractivity contribution in [3.8, 4) is 0 Å². The molecule has 1 saturated carbocycles. The fourth-order valence-corrected chi connectivity index (χ4v) is 3.83. The predicted octanol–water partition coefficient (Wildman–Crippen LogP) is 4.92. The number of fused-ring (bicyclic) bond motifs is 1. The Labute approximate surface area is 119 Å². The van der Waals surface area contributed by atoms with Gasteiger partial charge in [0.1, 0.15) is 0 Å². The van der Waals surface area contributed by atoms with Gasteiger partial charge in [0.15, 0.2) is 0 Å². The van der Waals surface area contributed by atoms with Gasteiger partial charge in [-0.25, -0.2) is 4.98 Å². The summed E-state index contributed by atoms with van der Waals surface area (Å²) in [5.41, 5.74) is 4.28. The molecule has 1 N–H and O–H groups in total. The van der Waals surface area contributed by atoms with Gasteiger partial charge in [-0.1, -0.05) is 13.8 Å². The minimum Gasteiger partial charge on any atom is -0.382 e. The minimum atomic E-state index is 0.653. The maximum Gasteiger partial charge on any atom is 0.0813 e. The van der Waals surface area contributed by atoms with E-state index in [0.717, 1.165) is 17.4 Å². The van der Waals surface area contributed by atoms with Crippen LogP contribution < -0.4 is 5.32 Å². The Balaban J connectivity index is 1.62. The number of aromatic nitrogens is 1. The lowest BCUT2D eigenvalue weighted by Crippen LogP contribution is -2.27. The van der Waals surface area contributed by atoms with Crippen LogP contribution in [-0.2, 0) is 0 Å². The third-order valence-corrected chi connectivity index (χ3v) is 5.21. The zero-order chi connectivity index (χ0) is 13.2. The van der Waals surface area contributed by atoms with Crippen molar-refractivity contribution in [3.63, 3.8) is 0 Å². The van der Waals surface area contributed by atoms with E-state index in [2.05, 4.69) is 42.3 Å². The van der Waals surface area contributed by atoms with Crippen molar-refractivity contribution >= 4 is 27.2 Å². The first-order chi connectivity index (χ1) is 9.22. The topological polar surface area (TPSA) is 24.9 Å².